The lowest BCUT2D eigenvalue weighted by atomic mass is 10.1. The molecule has 0 N–H and O–H groups in total. The number of carbonyl (C=O) groups is 2. The van der Waals surface area contributed by atoms with Crippen LogP contribution in [0.3, 0.4) is 0 Å². The third-order valence-corrected chi connectivity index (χ3v) is 4.25. The second-order valence-electron chi connectivity index (χ2n) is 6.52. The zero-order valence-corrected chi connectivity index (χ0v) is 18.5. The first-order valence-corrected chi connectivity index (χ1v) is 9.91. The fourth-order valence-corrected chi connectivity index (χ4v) is 2.66. The average Bonchev–Trinajstić information content (AvgIpc) is 2.85. The molecule has 8 nitrogen and oxygen atoms in total. The van der Waals surface area contributed by atoms with E-state index in [4.69, 9.17) is 19.5 Å². The number of para-hydroxylation sites is 1. The molecule has 0 aliphatic heterocycles. The molecule has 2 aromatic carbocycles. The zero-order valence-electron chi connectivity index (χ0n) is 18.5. The second kappa shape index (κ2) is 12.3. The molecule has 0 fully saturated rings. The van der Waals surface area contributed by atoms with Gasteiger partial charge in [0.25, 0.3) is 0 Å². The molecule has 33 heavy (non-hydrogen) atoms. The highest BCUT2D eigenvalue weighted by atomic mass is 16.6. The Kier molecular flexibility index (Phi) is 9.23. The Labute approximate surface area is 191 Å². The summed E-state index contributed by atoms with van der Waals surface area (Å²) in [5.41, 5.74) is 0.583. The molecular weight excluding hydrogens is 424 g/mol. The zero-order chi connectivity index (χ0) is 24.2. The summed E-state index contributed by atoms with van der Waals surface area (Å²) in [6.45, 7) is 2.47. The van der Waals surface area contributed by atoms with E-state index in [0.29, 0.717) is 23.5 Å². The van der Waals surface area contributed by atoms with Crippen LogP contribution >= 0.6 is 0 Å². The minimum atomic E-state index is -0.878. The maximum absolute atomic E-state index is 12.7. The molecule has 0 aromatic heterocycles. The van der Waals surface area contributed by atoms with E-state index in [-0.39, 0.29) is 22.6 Å². The lowest BCUT2D eigenvalue weighted by Crippen LogP contribution is -2.11. The van der Waals surface area contributed by atoms with Crippen LogP contribution in [0.25, 0.3) is 12.2 Å². The summed E-state index contributed by atoms with van der Waals surface area (Å²) in [6, 6.07) is 15.1. The van der Waals surface area contributed by atoms with Crippen LogP contribution in [0.2, 0.25) is 0 Å². The van der Waals surface area contributed by atoms with Gasteiger partial charge in [-0.3, -0.25) is 0 Å². The van der Waals surface area contributed by atoms with E-state index in [1.165, 1.54) is 44.6 Å². The highest BCUT2D eigenvalue weighted by Crippen LogP contribution is 2.30. The fraction of sp³-hybridized carbons (Fsp3) is 0.200. The second-order valence-corrected chi connectivity index (χ2v) is 6.52. The normalized spacial score (nSPS) is 11.1. The average molecular weight is 446 g/mol. The van der Waals surface area contributed by atoms with Crippen molar-refractivity contribution in [3.63, 3.8) is 0 Å². The molecule has 0 amide bonds. The highest BCUT2D eigenvalue weighted by Gasteiger charge is 2.17. The molecule has 0 atom stereocenters. The van der Waals surface area contributed by atoms with Gasteiger partial charge in [0, 0.05) is 5.56 Å². The first-order chi connectivity index (χ1) is 16.0. The first-order valence-electron chi connectivity index (χ1n) is 9.91. The number of hydrogen-bond donors (Lipinski definition) is 0. The lowest BCUT2D eigenvalue weighted by molar-refractivity contribution is -0.135. The van der Waals surface area contributed by atoms with Gasteiger partial charge in [-0.2, -0.15) is 10.5 Å². The molecule has 0 saturated carbocycles. The van der Waals surface area contributed by atoms with E-state index in [1.54, 1.807) is 30.3 Å². The van der Waals surface area contributed by atoms with Crippen molar-refractivity contribution in [3.05, 3.63) is 64.7 Å². The van der Waals surface area contributed by atoms with Crippen molar-refractivity contribution in [1.29, 1.82) is 10.5 Å². The van der Waals surface area contributed by atoms with Gasteiger partial charge in [-0.15, -0.1) is 0 Å². The maximum Gasteiger partial charge on any atom is 0.354 e. The third kappa shape index (κ3) is 6.71. The molecule has 0 radical (unpaired) electrons. The van der Waals surface area contributed by atoms with Crippen molar-refractivity contribution in [1.82, 2.24) is 0 Å². The van der Waals surface area contributed by atoms with Crippen molar-refractivity contribution >= 4 is 24.1 Å². The van der Waals surface area contributed by atoms with Crippen LogP contribution < -0.4 is 14.2 Å². The predicted molar refractivity (Wildman–Crippen MR) is 120 cm³/mol. The van der Waals surface area contributed by atoms with Gasteiger partial charge >= 0.3 is 11.9 Å². The number of ether oxygens (including phenoxy) is 4. The molecular formula is C25H22N2O6. The van der Waals surface area contributed by atoms with Gasteiger partial charge in [0.15, 0.2) is 11.5 Å². The lowest BCUT2D eigenvalue weighted by Gasteiger charge is -2.11. The van der Waals surface area contributed by atoms with E-state index >= 15 is 0 Å². The summed E-state index contributed by atoms with van der Waals surface area (Å²) >= 11 is 0. The molecule has 0 spiro atoms. The van der Waals surface area contributed by atoms with Crippen LogP contribution in [0.4, 0.5) is 0 Å². The smallest absolute Gasteiger partial charge is 0.354 e. The van der Waals surface area contributed by atoms with Gasteiger partial charge in [-0.05, 0) is 42.3 Å². The molecule has 0 aliphatic rings. The van der Waals surface area contributed by atoms with E-state index in [1.807, 2.05) is 13.0 Å². The van der Waals surface area contributed by atoms with Crippen LogP contribution in [0.5, 0.6) is 17.2 Å². The summed E-state index contributed by atoms with van der Waals surface area (Å²) < 4.78 is 20.8. The number of esters is 2. The highest BCUT2D eigenvalue weighted by molar-refractivity contribution is 6.00. The molecule has 0 saturated heterocycles. The summed E-state index contributed by atoms with van der Waals surface area (Å²) in [7, 11) is 2.54. The Morgan fingerprint density at radius 1 is 0.909 bits per heavy atom. The first kappa shape index (κ1) is 24.7. The van der Waals surface area contributed by atoms with Crippen molar-refractivity contribution in [3.8, 4) is 29.4 Å². The van der Waals surface area contributed by atoms with Gasteiger partial charge in [-0.25, -0.2) is 9.59 Å². The Bertz CT molecular complexity index is 1170. The SMILES string of the molecule is CCCOc1ccccc1/C=C(\C#N)C(=O)Oc1ccc(/C=C(\C#N)C(=O)OC)cc1OC. The Balaban J connectivity index is 2.31. The minimum Gasteiger partial charge on any atom is -0.493 e. The van der Waals surface area contributed by atoms with Crippen molar-refractivity contribution in [2.75, 3.05) is 20.8 Å². The van der Waals surface area contributed by atoms with Crippen LogP contribution in [-0.4, -0.2) is 32.8 Å². The number of hydrogen-bond acceptors (Lipinski definition) is 8. The number of carbonyl (C=O) groups excluding carboxylic acids is 2. The van der Waals surface area contributed by atoms with Gasteiger partial charge in [0.2, 0.25) is 0 Å². The summed E-state index contributed by atoms with van der Waals surface area (Å²) in [4.78, 5) is 24.2. The largest absolute Gasteiger partial charge is 0.493 e. The van der Waals surface area contributed by atoms with E-state index in [2.05, 4.69) is 4.74 Å². The summed E-state index contributed by atoms with van der Waals surface area (Å²) in [5, 5.41) is 18.6. The molecule has 2 rings (SSSR count). The van der Waals surface area contributed by atoms with Gasteiger partial charge < -0.3 is 18.9 Å². The molecule has 2 aromatic rings. The van der Waals surface area contributed by atoms with Crippen molar-refractivity contribution in [2.45, 2.75) is 13.3 Å². The Hall–Kier alpha value is -4.56. The molecule has 0 heterocycles. The molecule has 8 heteroatoms. The quantitative estimate of drug-likeness (QED) is 0.245. The van der Waals surface area contributed by atoms with Gasteiger partial charge in [0.1, 0.15) is 29.0 Å². The minimum absolute atomic E-state index is 0.0629. The van der Waals surface area contributed by atoms with Crippen molar-refractivity contribution < 1.29 is 28.5 Å². The topological polar surface area (TPSA) is 119 Å². The van der Waals surface area contributed by atoms with Gasteiger partial charge in [-0.1, -0.05) is 31.2 Å². The molecule has 0 bridgehead atoms. The number of nitriles is 2. The summed E-state index contributed by atoms with van der Waals surface area (Å²) in [5.74, 6) is -0.876. The van der Waals surface area contributed by atoms with E-state index in [9.17, 15) is 14.9 Å². The van der Waals surface area contributed by atoms with Gasteiger partial charge in [0.05, 0.1) is 20.8 Å². The third-order valence-electron chi connectivity index (χ3n) is 4.25. The molecule has 0 unspecified atom stereocenters. The fourth-order valence-electron chi connectivity index (χ4n) is 2.66. The maximum atomic E-state index is 12.7. The molecule has 168 valence electrons. The Morgan fingerprint density at radius 3 is 2.24 bits per heavy atom. The number of rotatable bonds is 9. The number of nitrogens with zero attached hydrogens (tertiary/aromatic N) is 2. The summed E-state index contributed by atoms with van der Waals surface area (Å²) in [6.07, 6.45) is 3.52. The monoisotopic (exact) mass is 446 g/mol. The Morgan fingerprint density at radius 2 is 1.61 bits per heavy atom. The number of benzene rings is 2. The van der Waals surface area contributed by atoms with Crippen LogP contribution in [-0.2, 0) is 14.3 Å². The van der Waals surface area contributed by atoms with Crippen molar-refractivity contribution in [2.24, 2.45) is 0 Å². The van der Waals surface area contributed by atoms with Crippen LogP contribution in [0.15, 0.2) is 53.6 Å². The predicted octanol–water partition coefficient (Wildman–Crippen LogP) is 4.08. The van der Waals surface area contributed by atoms with E-state index < -0.39 is 11.9 Å². The van der Waals surface area contributed by atoms with E-state index in [0.717, 1.165) is 6.42 Å². The molecule has 0 aliphatic carbocycles. The number of methoxy groups -OCH3 is 2. The van der Waals surface area contributed by atoms with Crippen LogP contribution in [0.1, 0.15) is 24.5 Å². The standard InChI is InChI=1S/C25H22N2O6/c1-4-11-32-21-8-6-5-7-18(21)14-20(16-27)25(29)33-22-10-9-17(13-23(22)30-2)12-19(15-26)24(28)31-3/h5-10,12-14H,4,11H2,1-3H3/b19-12+,20-14+. The van der Waals surface area contributed by atoms with Crippen LogP contribution in [0, 0.1) is 22.7 Å².